The summed E-state index contributed by atoms with van der Waals surface area (Å²) in [4.78, 5) is 7.45. The van der Waals surface area contributed by atoms with Crippen LogP contribution in [0.1, 0.15) is 50.8 Å². The first-order valence-electron chi connectivity index (χ1n) is 6.65. The van der Waals surface area contributed by atoms with Gasteiger partial charge in [-0.05, 0) is 27.2 Å². The minimum absolute atomic E-state index is 0.103. The monoisotopic (exact) mass is 262 g/mol. The van der Waals surface area contributed by atoms with Crippen molar-refractivity contribution in [2.75, 3.05) is 11.1 Å². The summed E-state index contributed by atoms with van der Waals surface area (Å²) in [6.07, 6.45) is 4.50. The topological polar surface area (TPSA) is 84.5 Å². The number of nitrogens with one attached hydrogen (secondary N) is 2. The van der Waals surface area contributed by atoms with E-state index in [0.717, 1.165) is 23.8 Å². The van der Waals surface area contributed by atoms with Gasteiger partial charge in [0.2, 0.25) is 0 Å². The van der Waals surface area contributed by atoms with Gasteiger partial charge in [-0.2, -0.15) is 5.10 Å². The minimum Gasteiger partial charge on any atom is -0.394 e. The van der Waals surface area contributed by atoms with Gasteiger partial charge < -0.3 is 16.0 Å². The number of hydrogen-bond acceptors (Lipinski definition) is 4. The number of nitrogens with zero attached hydrogens (tertiary/aromatic N) is 3. The van der Waals surface area contributed by atoms with Crippen LogP contribution in [0.15, 0.2) is 12.4 Å². The summed E-state index contributed by atoms with van der Waals surface area (Å²) in [6, 6.07) is 0.360. The third-order valence-corrected chi connectivity index (χ3v) is 3.19. The number of nitrogen functional groups attached to an aromatic ring is 1. The third-order valence-electron chi connectivity index (χ3n) is 3.19. The van der Waals surface area contributed by atoms with Gasteiger partial charge in [0, 0.05) is 18.4 Å². The second-order valence-corrected chi connectivity index (χ2v) is 4.97. The van der Waals surface area contributed by atoms with Gasteiger partial charge in [-0.25, -0.2) is 9.67 Å². The Kier molecular flexibility index (Phi) is 3.78. The van der Waals surface area contributed by atoms with Crippen molar-refractivity contribution >= 4 is 11.5 Å². The lowest BCUT2D eigenvalue weighted by atomic mass is 10.2. The van der Waals surface area contributed by atoms with Crippen LogP contribution in [-0.2, 0) is 0 Å². The van der Waals surface area contributed by atoms with Crippen LogP contribution < -0.4 is 11.1 Å². The van der Waals surface area contributed by atoms with Crippen molar-refractivity contribution in [2.45, 2.75) is 46.2 Å². The van der Waals surface area contributed by atoms with Crippen LogP contribution in [0.4, 0.5) is 11.5 Å². The molecule has 1 unspecified atom stereocenters. The number of aryl methyl sites for hydroxylation is 1. The van der Waals surface area contributed by atoms with E-state index in [-0.39, 0.29) is 12.1 Å². The second kappa shape index (κ2) is 5.34. The van der Waals surface area contributed by atoms with Gasteiger partial charge in [0.05, 0.1) is 17.4 Å². The van der Waals surface area contributed by atoms with Crippen molar-refractivity contribution < 1.29 is 0 Å². The van der Waals surface area contributed by atoms with E-state index in [9.17, 15) is 0 Å². The van der Waals surface area contributed by atoms with Crippen LogP contribution >= 0.6 is 0 Å². The fourth-order valence-corrected chi connectivity index (χ4v) is 2.07. The maximum Gasteiger partial charge on any atom is 0.148 e. The van der Waals surface area contributed by atoms with E-state index >= 15 is 0 Å². The lowest BCUT2D eigenvalue weighted by molar-refractivity contribution is 0.528. The molecule has 0 saturated carbocycles. The number of anilines is 2. The SMILES string of the molecule is CCC(Nc1c(N)c(C)nn1C(C)C)c1ncc[nH]1. The maximum atomic E-state index is 6.12. The fourth-order valence-electron chi connectivity index (χ4n) is 2.07. The number of aromatic amines is 1. The molecule has 1 atom stereocenters. The van der Waals surface area contributed by atoms with E-state index < -0.39 is 0 Å². The molecule has 0 fully saturated rings. The molecule has 0 aliphatic carbocycles. The quantitative estimate of drug-likeness (QED) is 0.773. The molecular weight excluding hydrogens is 240 g/mol. The second-order valence-electron chi connectivity index (χ2n) is 4.97. The number of aromatic nitrogens is 4. The van der Waals surface area contributed by atoms with Crippen LogP contribution in [0.2, 0.25) is 0 Å². The molecule has 104 valence electrons. The van der Waals surface area contributed by atoms with Crippen molar-refractivity contribution in [3.8, 4) is 0 Å². The summed E-state index contributed by atoms with van der Waals surface area (Å²) in [6.45, 7) is 8.21. The molecule has 2 aromatic heterocycles. The summed E-state index contributed by atoms with van der Waals surface area (Å²) in [5, 5.41) is 7.93. The Morgan fingerprint density at radius 2 is 2.21 bits per heavy atom. The van der Waals surface area contributed by atoms with E-state index in [1.165, 1.54) is 0 Å². The number of H-pyrrole nitrogens is 1. The van der Waals surface area contributed by atoms with Crippen molar-refractivity contribution in [2.24, 2.45) is 0 Å². The fraction of sp³-hybridized carbons (Fsp3) is 0.538. The van der Waals surface area contributed by atoms with Crippen LogP contribution in [0.5, 0.6) is 0 Å². The smallest absolute Gasteiger partial charge is 0.148 e. The van der Waals surface area contributed by atoms with Crippen LogP contribution in [0.25, 0.3) is 0 Å². The van der Waals surface area contributed by atoms with Gasteiger partial charge in [-0.1, -0.05) is 6.92 Å². The van der Waals surface area contributed by atoms with Crippen molar-refractivity contribution in [3.05, 3.63) is 23.9 Å². The highest BCUT2D eigenvalue weighted by Crippen LogP contribution is 2.29. The average Bonchev–Trinajstić information content (AvgIpc) is 2.98. The molecule has 0 aromatic carbocycles. The largest absolute Gasteiger partial charge is 0.394 e. The Hall–Kier alpha value is -1.98. The summed E-state index contributed by atoms with van der Waals surface area (Å²) in [7, 11) is 0. The molecule has 2 aromatic rings. The Morgan fingerprint density at radius 1 is 1.47 bits per heavy atom. The molecule has 4 N–H and O–H groups in total. The van der Waals surface area contributed by atoms with E-state index in [0.29, 0.717) is 5.69 Å². The first kappa shape index (κ1) is 13.5. The zero-order valence-corrected chi connectivity index (χ0v) is 11.9. The van der Waals surface area contributed by atoms with Gasteiger partial charge in [0.1, 0.15) is 11.6 Å². The molecule has 19 heavy (non-hydrogen) atoms. The lowest BCUT2D eigenvalue weighted by Gasteiger charge is -2.19. The predicted molar refractivity (Wildman–Crippen MR) is 77.0 cm³/mol. The van der Waals surface area contributed by atoms with E-state index in [1.807, 2.05) is 17.8 Å². The molecule has 0 aliphatic heterocycles. The minimum atomic E-state index is 0.103. The molecule has 0 aliphatic rings. The number of rotatable bonds is 5. The van der Waals surface area contributed by atoms with Crippen molar-refractivity contribution in [3.63, 3.8) is 0 Å². The summed E-state index contributed by atoms with van der Waals surface area (Å²) in [5.41, 5.74) is 7.68. The molecule has 6 heteroatoms. The van der Waals surface area contributed by atoms with Crippen LogP contribution in [-0.4, -0.2) is 19.7 Å². The highest BCUT2D eigenvalue weighted by Gasteiger charge is 2.19. The number of hydrogen-bond donors (Lipinski definition) is 3. The molecule has 0 saturated heterocycles. The summed E-state index contributed by atoms with van der Waals surface area (Å²) < 4.78 is 1.93. The van der Waals surface area contributed by atoms with Gasteiger partial charge in [-0.15, -0.1) is 0 Å². The normalized spacial score (nSPS) is 12.9. The summed E-state index contributed by atoms with van der Waals surface area (Å²) in [5.74, 6) is 1.78. The van der Waals surface area contributed by atoms with Crippen LogP contribution in [0, 0.1) is 6.92 Å². The van der Waals surface area contributed by atoms with Gasteiger partial charge in [0.25, 0.3) is 0 Å². The lowest BCUT2D eigenvalue weighted by Crippen LogP contribution is -2.16. The zero-order valence-electron chi connectivity index (χ0n) is 11.9. The molecule has 2 heterocycles. The Morgan fingerprint density at radius 3 is 2.74 bits per heavy atom. The molecule has 0 bridgehead atoms. The van der Waals surface area contributed by atoms with Gasteiger partial charge in [-0.3, -0.25) is 0 Å². The highest BCUT2D eigenvalue weighted by molar-refractivity contribution is 5.65. The number of imidazole rings is 1. The number of nitrogens with two attached hydrogens (primary N) is 1. The van der Waals surface area contributed by atoms with Crippen LogP contribution in [0.3, 0.4) is 0 Å². The molecule has 0 spiro atoms. The first-order chi connectivity index (χ1) is 9.04. The summed E-state index contributed by atoms with van der Waals surface area (Å²) >= 11 is 0. The van der Waals surface area contributed by atoms with E-state index in [4.69, 9.17) is 5.73 Å². The third kappa shape index (κ3) is 2.57. The molecule has 0 amide bonds. The van der Waals surface area contributed by atoms with Gasteiger partial charge in [0.15, 0.2) is 0 Å². The van der Waals surface area contributed by atoms with Crippen molar-refractivity contribution in [1.82, 2.24) is 19.7 Å². The standard InChI is InChI=1S/C13H22N6/c1-5-10(12-15-6-7-16-12)17-13-11(14)9(4)18-19(13)8(2)3/h6-8,10,17H,5,14H2,1-4H3,(H,15,16). The van der Waals surface area contributed by atoms with Gasteiger partial charge >= 0.3 is 0 Å². The predicted octanol–water partition coefficient (Wildman–Crippen LogP) is 2.64. The molecule has 0 radical (unpaired) electrons. The Labute approximate surface area is 113 Å². The van der Waals surface area contributed by atoms with E-state index in [1.54, 1.807) is 6.20 Å². The Balaban J connectivity index is 2.31. The average molecular weight is 262 g/mol. The first-order valence-corrected chi connectivity index (χ1v) is 6.65. The maximum absolute atomic E-state index is 6.12. The highest BCUT2D eigenvalue weighted by atomic mass is 15.4. The Bertz CT molecular complexity index is 526. The van der Waals surface area contributed by atoms with E-state index in [2.05, 4.69) is 41.2 Å². The molecule has 2 rings (SSSR count). The molecule has 6 nitrogen and oxygen atoms in total. The zero-order chi connectivity index (χ0) is 14.0. The van der Waals surface area contributed by atoms with Crippen molar-refractivity contribution in [1.29, 1.82) is 0 Å². The molecular formula is C13H22N6.